The van der Waals surface area contributed by atoms with E-state index in [1.165, 1.54) is 16.8 Å². The van der Waals surface area contributed by atoms with Crippen molar-refractivity contribution in [2.24, 2.45) is 0 Å². The van der Waals surface area contributed by atoms with E-state index >= 15 is 0 Å². The second-order valence-electron chi connectivity index (χ2n) is 5.98. The zero-order valence-corrected chi connectivity index (χ0v) is 14.6. The second-order valence-corrected chi connectivity index (χ2v) is 5.98. The van der Waals surface area contributed by atoms with Gasteiger partial charge in [0.05, 0.1) is 11.4 Å². The van der Waals surface area contributed by atoms with E-state index in [-0.39, 0.29) is 11.2 Å². The number of hydrogen-bond donors (Lipinski definition) is 2. The number of H-pyrrole nitrogens is 1. The van der Waals surface area contributed by atoms with Gasteiger partial charge in [-0.25, -0.2) is 9.97 Å². The van der Waals surface area contributed by atoms with Crippen LogP contribution in [0.1, 0.15) is 5.69 Å². The van der Waals surface area contributed by atoms with Gasteiger partial charge in [0.2, 0.25) is 0 Å². The Balaban J connectivity index is 2.20. The summed E-state index contributed by atoms with van der Waals surface area (Å²) in [5.41, 5.74) is -0.735. The van der Waals surface area contributed by atoms with Gasteiger partial charge in [-0.2, -0.15) is 13.2 Å². The molecule has 0 aliphatic carbocycles. The summed E-state index contributed by atoms with van der Waals surface area (Å²) in [5.74, 6) is 0.306. The van der Waals surface area contributed by atoms with Crippen LogP contribution in [0.15, 0.2) is 59.7 Å². The van der Waals surface area contributed by atoms with Gasteiger partial charge >= 0.3 is 6.18 Å². The molecule has 6 nitrogen and oxygen atoms in total. The third kappa shape index (κ3) is 2.81. The minimum atomic E-state index is -4.63. The lowest BCUT2D eigenvalue weighted by Gasteiger charge is -2.17. The van der Waals surface area contributed by atoms with Crippen LogP contribution in [0.3, 0.4) is 0 Å². The number of aromatic nitrogens is 4. The van der Waals surface area contributed by atoms with Gasteiger partial charge in [-0.3, -0.25) is 9.36 Å². The topological polar surface area (TPSA) is 75.6 Å². The Morgan fingerprint density at radius 2 is 1.86 bits per heavy atom. The first-order valence-electron chi connectivity index (χ1n) is 8.31. The van der Waals surface area contributed by atoms with E-state index in [2.05, 4.69) is 20.3 Å². The van der Waals surface area contributed by atoms with Gasteiger partial charge in [0.15, 0.2) is 0 Å². The monoisotopic (exact) mass is 385 g/mol. The molecule has 9 heteroatoms. The number of hydrogen-bond acceptors (Lipinski definition) is 4. The molecule has 0 unspecified atom stereocenters. The van der Waals surface area contributed by atoms with Gasteiger partial charge < -0.3 is 10.3 Å². The van der Waals surface area contributed by atoms with Gasteiger partial charge in [0.1, 0.15) is 22.7 Å². The van der Waals surface area contributed by atoms with Crippen LogP contribution < -0.4 is 10.9 Å². The summed E-state index contributed by atoms with van der Waals surface area (Å²) in [4.78, 5) is 24.2. The average molecular weight is 385 g/mol. The highest BCUT2D eigenvalue weighted by atomic mass is 19.4. The molecule has 0 saturated carbocycles. The van der Waals surface area contributed by atoms with Crippen LogP contribution in [-0.4, -0.2) is 26.6 Å². The first kappa shape index (κ1) is 17.8. The predicted molar refractivity (Wildman–Crippen MR) is 99.5 cm³/mol. The minimum absolute atomic E-state index is 0.0920. The van der Waals surface area contributed by atoms with Crippen molar-refractivity contribution in [1.29, 1.82) is 0 Å². The lowest BCUT2D eigenvalue weighted by molar-refractivity contribution is -0.141. The molecule has 0 aliphatic rings. The van der Waals surface area contributed by atoms with Crippen LogP contribution in [-0.2, 0) is 6.18 Å². The summed E-state index contributed by atoms with van der Waals surface area (Å²) in [6.07, 6.45) is -1.57. The van der Waals surface area contributed by atoms with Crippen molar-refractivity contribution >= 4 is 16.7 Å². The molecule has 0 bridgehead atoms. The van der Waals surface area contributed by atoms with Crippen LogP contribution in [0.4, 0.5) is 18.9 Å². The number of benzene rings is 1. The third-order valence-corrected chi connectivity index (χ3v) is 4.31. The molecule has 0 atom stereocenters. The highest BCUT2D eigenvalue weighted by molar-refractivity contribution is 5.97. The van der Waals surface area contributed by atoms with Crippen LogP contribution >= 0.6 is 0 Å². The van der Waals surface area contributed by atoms with Gasteiger partial charge in [0.25, 0.3) is 5.56 Å². The van der Waals surface area contributed by atoms with Crippen molar-refractivity contribution in [3.63, 3.8) is 0 Å². The fourth-order valence-electron chi connectivity index (χ4n) is 3.12. The number of nitrogens with zero attached hydrogens (tertiary/aromatic N) is 3. The fraction of sp³-hybridized carbons (Fsp3) is 0.105. The van der Waals surface area contributed by atoms with Crippen LogP contribution in [0.25, 0.3) is 28.1 Å². The molecule has 3 heterocycles. The van der Waals surface area contributed by atoms with Gasteiger partial charge in [-0.15, -0.1) is 0 Å². The number of para-hydroxylation sites is 1. The number of anilines is 1. The van der Waals surface area contributed by atoms with Crippen molar-refractivity contribution in [2.75, 3.05) is 12.4 Å². The molecular formula is C19H14F3N5O. The van der Waals surface area contributed by atoms with Crippen LogP contribution in [0, 0.1) is 0 Å². The number of nitrogens with one attached hydrogen (secondary N) is 2. The molecule has 0 saturated heterocycles. The Kier molecular flexibility index (Phi) is 4.14. The molecule has 142 valence electrons. The number of rotatable bonds is 3. The predicted octanol–water partition coefficient (Wildman–Crippen LogP) is 3.84. The quantitative estimate of drug-likeness (QED) is 0.562. The van der Waals surface area contributed by atoms with Crippen molar-refractivity contribution in [1.82, 2.24) is 19.5 Å². The normalized spacial score (nSPS) is 11.7. The molecular weight excluding hydrogens is 371 g/mol. The van der Waals surface area contributed by atoms with Crippen molar-refractivity contribution in [2.45, 2.75) is 6.18 Å². The highest BCUT2D eigenvalue weighted by Gasteiger charge is 2.33. The van der Waals surface area contributed by atoms with E-state index in [9.17, 15) is 18.0 Å². The number of fused-ring (bicyclic) bond motifs is 1. The van der Waals surface area contributed by atoms with E-state index in [4.69, 9.17) is 0 Å². The first-order valence-corrected chi connectivity index (χ1v) is 8.31. The standard InChI is InChI=1S/C19H14F3N5O/c1-23-15-12-7-8-13(19(20,21)22)26-17(12)27(11-5-3-2-4-6-11)18(28)14(15)16-24-9-10-25-16/h2-10,23H,1H3,(H,24,25). The molecule has 1 aromatic carbocycles. The largest absolute Gasteiger partial charge is 0.433 e. The molecule has 4 aromatic rings. The smallest absolute Gasteiger partial charge is 0.387 e. The van der Waals surface area contributed by atoms with Crippen LogP contribution in [0.5, 0.6) is 0 Å². The van der Waals surface area contributed by atoms with E-state index in [0.717, 1.165) is 6.07 Å². The van der Waals surface area contributed by atoms with Gasteiger partial charge in [-0.05, 0) is 24.3 Å². The SMILES string of the molecule is CNc1c(-c2ncc[nH]2)c(=O)n(-c2ccccc2)c2nc(C(F)(F)F)ccc12. The van der Waals surface area contributed by atoms with Crippen molar-refractivity contribution < 1.29 is 13.2 Å². The fourth-order valence-corrected chi connectivity index (χ4v) is 3.12. The number of halogens is 3. The Hall–Kier alpha value is -3.62. The molecule has 0 fully saturated rings. The summed E-state index contributed by atoms with van der Waals surface area (Å²) in [6, 6.07) is 10.6. The number of imidazole rings is 1. The van der Waals surface area contributed by atoms with Gasteiger partial charge in [-0.1, -0.05) is 18.2 Å². The molecule has 2 N–H and O–H groups in total. The van der Waals surface area contributed by atoms with E-state index < -0.39 is 17.4 Å². The van der Waals surface area contributed by atoms with Gasteiger partial charge in [0, 0.05) is 24.8 Å². The maximum Gasteiger partial charge on any atom is 0.433 e. The summed E-state index contributed by atoms with van der Waals surface area (Å²) >= 11 is 0. The molecule has 0 spiro atoms. The maximum absolute atomic E-state index is 13.4. The molecule has 28 heavy (non-hydrogen) atoms. The van der Waals surface area contributed by atoms with Crippen molar-refractivity contribution in [3.05, 3.63) is 70.9 Å². The summed E-state index contributed by atoms with van der Waals surface area (Å²) in [6.45, 7) is 0. The van der Waals surface area contributed by atoms with E-state index in [0.29, 0.717) is 22.6 Å². The summed E-state index contributed by atoms with van der Waals surface area (Å²) in [7, 11) is 1.59. The Morgan fingerprint density at radius 3 is 2.46 bits per heavy atom. The molecule has 0 aliphatic heterocycles. The second kappa shape index (κ2) is 6.52. The highest BCUT2D eigenvalue weighted by Crippen LogP contribution is 2.34. The Bertz CT molecular complexity index is 1200. The third-order valence-electron chi connectivity index (χ3n) is 4.31. The van der Waals surface area contributed by atoms with Crippen LogP contribution in [0.2, 0.25) is 0 Å². The summed E-state index contributed by atoms with van der Waals surface area (Å²) in [5, 5.41) is 3.28. The Morgan fingerprint density at radius 1 is 1.11 bits per heavy atom. The zero-order chi connectivity index (χ0) is 19.9. The summed E-state index contributed by atoms with van der Waals surface area (Å²) < 4.78 is 40.9. The number of alkyl halides is 3. The van der Waals surface area contributed by atoms with E-state index in [1.54, 1.807) is 43.6 Å². The van der Waals surface area contributed by atoms with Crippen molar-refractivity contribution in [3.8, 4) is 17.1 Å². The molecule has 0 amide bonds. The number of pyridine rings is 2. The van der Waals surface area contributed by atoms with E-state index in [1.807, 2.05) is 0 Å². The molecule has 4 rings (SSSR count). The lowest BCUT2D eigenvalue weighted by atomic mass is 10.1. The zero-order valence-electron chi connectivity index (χ0n) is 14.6. The first-order chi connectivity index (χ1) is 13.4. The average Bonchev–Trinajstić information content (AvgIpc) is 3.20. The molecule has 3 aromatic heterocycles. The molecule has 0 radical (unpaired) electrons. The Labute approximate surface area is 156 Å². The maximum atomic E-state index is 13.4. The lowest BCUT2D eigenvalue weighted by Crippen LogP contribution is -2.24. The minimum Gasteiger partial charge on any atom is -0.387 e. The number of aromatic amines is 1.